The van der Waals surface area contributed by atoms with Crippen LogP contribution in [-0.4, -0.2) is 55.4 Å². The summed E-state index contributed by atoms with van der Waals surface area (Å²) in [5.74, 6) is -0.357. The molecule has 1 aromatic heterocycles. The van der Waals surface area contributed by atoms with E-state index in [4.69, 9.17) is 4.74 Å². The van der Waals surface area contributed by atoms with Crippen LogP contribution < -0.4 is 0 Å². The molecular weight excluding hydrogens is 381 g/mol. The highest BCUT2D eigenvalue weighted by Crippen LogP contribution is 2.19. The van der Waals surface area contributed by atoms with Gasteiger partial charge in [0.1, 0.15) is 5.82 Å². The predicted molar refractivity (Wildman–Crippen MR) is 105 cm³/mol. The Kier molecular flexibility index (Phi) is 6.85. The zero-order valence-corrected chi connectivity index (χ0v) is 17.3. The number of hydrogen-bond acceptors (Lipinski definition) is 5. The standard InChI is InChI=1S/C20H28FN3O3S/c1-23(11-10-18-8-5-6-12-27-18)15-17-13-22-20(28(2,25)26)24(17)14-16-7-3-4-9-19(16)21/h3-4,7,9,13,18H,5-6,8,10-12,14-15H2,1-2H3. The van der Waals surface area contributed by atoms with E-state index in [2.05, 4.69) is 9.88 Å². The minimum absolute atomic E-state index is 0.0326. The van der Waals surface area contributed by atoms with Gasteiger partial charge in [0.25, 0.3) is 0 Å². The Morgan fingerprint density at radius 2 is 2.11 bits per heavy atom. The number of sulfone groups is 1. The molecular formula is C20H28FN3O3S. The lowest BCUT2D eigenvalue weighted by Gasteiger charge is -2.25. The van der Waals surface area contributed by atoms with E-state index in [9.17, 15) is 12.8 Å². The van der Waals surface area contributed by atoms with Crippen molar-refractivity contribution in [2.45, 2.75) is 50.0 Å². The van der Waals surface area contributed by atoms with Gasteiger partial charge < -0.3 is 14.2 Å². The van der Waals surface area contributed by atoms with E-state index in [1.807, 2.05) is 7.05 Å². The average molecular weight is 410 g/mol. The summed E-state index contributed by atoms with van der Waals surface area (Å²) in [5.41, 5.74) is 1.18. The molecule has 1 fully saturated rings. The van der Waals surface area contributed by atoms with Crippen molar-refractivity contribution in [3.63, 3.8) is 0 Å². The molecule has 0 aliphatic carbocycles. The fourth-order valence-corrected chi connectivity index (χ4v) is 4.36. The maximum Gasteiger partial charge on any atom is 0.227 e. The largest absolute Gasteiger partial charge is 0.378 e. The number of benzene rings is 1. The van der Waals surface area contributed by atoms with Crippen molar-refractivity contribution in [2.75, 3.05) is 26.5 Å². The Bertz CT molecular complexity index is 892. The van der Waals surface area contributed by atoms with E-state index in [1.54, 1.807) is 29.0 Å². The van der Waals surface area contributed by atoms with Crippen LogP contribution >= 0.6 is 0 Å². The summed E-state index contributed by atoms with van der Waals surface area (Å²) in [7, 11) is -1.53. The fourth-order valence-electron chi connectivity index (χ4n) is 3.54. The van der Waals surface area contributed by atoms with Gasteiger partial charge in [-0.1, -0.05) is 18.2 Å². The zero-order valence-electron chi connectivity index (χ0n) is 16.5. The molecule has 1 saturated heterocycles. The van der Waals surface area contributed by atoms with Crippen molar-refractivity contribution in [3.8, 4) is 0 Å². The molecule has 1 atom stereocenters. The van der Waals surface area contributed by atoms with Crippen molar-refractivity contribution < 1.29 is 17.5 Å². The highest BCUT2D eigenvalue weighted by Gasteiger charge is 2.21. The van der Waals surface area contributed by atoms with Crippen LogP contribution in [0.4, 0.5) is 4.39 Å². The van der Waals surface area contributed by atoms with Gasteiger partial charge in [0.15, 0.2) is 0 Å². The molecule has 6 nitrogen and oxygen atoms in total. The normalized spacial score (nSPS) is 17.9. The van der Waals surface area contributed by atoms with Crippen LogP contribution in [0.1, 0.15) is 36.9 Å². The molecule has 1 unspecified atom stereocenters. The van der Waals surface area contributed by atoms with Gasteiger partial charge >= 0.3 is 0 Å². The van der Waals surface area contributed by atoms with E-state index in [-0.39, 0.29) is 17.5 Å². The fraction of sp³-hybridized carbons (Fsp3) is 0.550. The van der Waals surface area contributed by atoms with Crippen molar-refractivity contribution in [2.24, 2.45) is 0 Å². The number of imidazole rings is 1. The first kappa shape index (κ1) is 21.0. The number of hydrogen-bond donors (Lipinski definition) is 0. The first-order valence-electron chi connectivity index (χ1n) is 9.62. The SMILES string of the molecule is CN(CCC1CCCCO1)Cc1cnc(S(C)(=O)=O)n1Cc1ccccc1F. The van der Waals surface area contributed by atoms with Crippen LogP contribution in [0.5, 0.6) is 0 Å². The molecule has 2 aromatic rings. The summed E-state index contributed by atoms with van der Waals surface area (Å²) in [6.45, 7) is 2.33. The molecule has 0 bridgehead atoms. The lowest BCUT2D eigenvalue weighted by atomic mass is 10.1. The summed E-state index contributed by atoms with van der Waals surface area (Å²) in [6.07, 6.45) is 7.38. The maximum absolute atomic E-state index is 14.1. The topological polar surface area (TPSA) is 64.4 Å². The third-order valence-electron chi connectivity index (χ3n) is 5.06. The van der Waals surface area contributed by atoms with Gasteiger partial charge in [-0.15, -0.1) is 0 Å². The summed E-state index contributed by atoms with van der Waals surface area (Å²) in [5, 5.41) is -0.0326. The van der Waals surface area contributed by atoms with Gasteiger partial charge in [-0.25, -0.2) is 17.8 Å². The van der Waals surface area contributed by atoms with E-state index >= 15 is 0 Å². The van der Waals surface area contributed by atoms with Crippen molar-refractivity contribution in [3.05, 3.63) is 47.5 Å². The van der Waals surface area contributed by atoms with Crippen LogP contribution in [0.15, 0.2) is 35.6 Å². The summed E-state index contributed by atoms with van der Waals surface area (Å²) >= 11 is 0. The van der Waals surface area contributed by atoms with E-state index in [1.165, 1.54) is 12.5 Å². The average Bonchev–Trinajstić information content (AvgIpc) is 3.05. The molecule has 0 spiro atoms. The zero-order chi connectivity index (χ0) is 20.1. The number of rotatable bonds is 8. The summed E-state index contributed by atoms with van der Waals surface area (Å²) in [4.78, 5) is 6.24. The van der Waals surface area contributed by atoms with E-state index < -0.39 is 9.84 Å². The first-order chi connectivity index (χ1) is 13.3. The van der Waals surface area contributed by atoms with Gasteiger partial charge in [0.05, 0.1) is 24.5 Å². The Balaban J connectivity index is 1.74. The molecule has 2 heterocycles. The van der Waals surface area contributed by atoms with Crippen LogP contribution in [0.2, 0.25) is 0 Å². The lowest BCUT2D eigenvalue weighted by Crippen LogP contribution is -2.27. The molecule has 0 radical (unpaired) electrons. The molecule has 1 aliphatic rings. The van der Waals surface area contributed by atoms with E-state index in [0.29, 0.717) is 18.2 Å². The minimum Gasteiger partial charge on any atom is -0.378 e. The van der Waals surface area contributed by atoms with Gasteiger partial charge in [-0.2, -0.15) is 0 Å². The molecule has 0 N–H and O–H groups in total. The molecule has 1 aliphatic heterocycles. The molecule has 8 heteroatoms. The third kappa shape index (κ3) is 5.40. The smallest absolute Gasteiger partial charge is 0.227 e. The second-order valence-electron chi connectivity index (χ2n) is 7.50. The number of ether oxygens (including phenoxy) is 1. The molecule has 1 aromatic carbocycles. The summed E-state index contributed by atoms with van der Waals surface area (Å²) in [6, 6.07) is 6.40. The van der Waals surface area contributed by atoms with Crippen molar-refractivity contribution in [1.29, 1.82) is 0 Å². The minimum atomic E-state index is -3.52. The molecule has 0 amide bonds. The van der Waals surface area contributed by atoms with Gasteiger partial charge in [0.2, 0.25) is 15.0 Å². The van der Waals surface area contributed by atoms with E-state index in [0.717, 1.165) is 44.4 Å². The van der Waals surface area contributed by atoms with Gasteiger partial charge in [0, 0.05) is 31.5 Å². The molecule has 28 heavy (non-hydrogen) atoms. The Morgan fingerprint density at radius 3 is 2.79 bits per heavy atom. The molecule has 154 valence electrons. The van der Waals surface area contributed by atoms with Crippen LogP contribution in [0.25, 0.3) is 0 Å². The molecule has 3 rings (SSSR count). The predicted octanol–water partition coefficient (Wildman–Crippen LogP) is 2.87. The first-order valence-corrected chi connectivity index (χ1v) is 11.5. The highest BCUT2D eigenvalue weighted by molar-refractivity contribution is 7.90. The van der Waals surface area contributed by atoms with Gasteiger partial charge in [-0.3, -0.25) is 0 Å². The number of halogens is 1. The quantitative estimate of drug-likeness (QED) is 0.671. The Hall–Kier alpha value is -1.77. The van der Waals surface area contributed by atoms with Crippen LogP contribution in [0.3, 0.4) is 0 Å². The number of aromatic nitrogens is 2. The third-order valence-corrected chi connectivity index (χ3v) is 6.05. The van der Waals surface area contributed by atoms with Crippen molar-refractivity contribution >= 4 is 9.84 Å². The highest BCUT2D eigenvalue weighted by atomic mass is 32.2. The second-order valence-corrected chi connectivity index (χ2v) is 9.41. The van der Waals surface area contributed by atoms with Crippen LogP contribution in [0, 0.1) is 5.82 Å². The maximum atomic E-state index is 14.1. The Morgan fingerprint density at radius 1 is 1.32 bits per heavy atom. The van der Waals surface area contributed by atoms with Crippen molar-refractivity contribution in [1.82, 2.24) is 14.5 Å². The monoisotopic (exact) mass is 409 g/mol. The molecule has 0 saturated carbocycles. The Labute approximate surface area is 166 Å². The second kappa shape index (κ2) is 9.15. The van der Waals surface area contributed by atoms with Crippen LogP contribution in [-0.2, 0) is 27.7 Å². The van der Waals surface area contributed by atoms with Gasteiger partial charge in [-0.05, 0) is 38.8 Å². The summed E-state index contributed by atoms with van der Waals surface area (Å²) < 4.78 is 45.8. The lowest BCUT2D eigenvalue weighted by molar-refractivity contribution is 0.00632. The number of nitrogens with zero attached hydrogens (tertiary/aromatic N) is 3.